The molecule has 0 radical (unpaired) electrons. The average Bonchev–Trinajstić information content (AvgIpc) is 2.28. The molecule has 0 spiro atoms. The fourth-order valence-corrected chi connectivity index (χ4v) is 3.93. The molecule has 1 aliphatic heterocycles. The summed E-state index contributed by atoms with van der Waals surface area (Å²) in [6, 6.07) is 2.63. The molecule has 2 rings (SSSR count). The van der Waals surface area contributed by atoms with E-state index >= 15 is 0 Å². The van der Waals surface area contributed by atoms with Crippen LogP contribution in [0.4, 0.5) is 17.6 Å². The lowest BCUT2D eigenvalue weighted by Crippen LogP contribution is -2.40. The van der Waals surface area contributed by atoms with Gasteiger partial charge in [-0.1, -0.05) is 6.92 Å². The topological polar surface area (TPSA) is 46.2 Å². The smallest absolute Gasteiger partial charge is 0.207 e. The minimum atomic E-state index is -5.46. The van der Waals surface area contributed by atoms with Crippen LogP contribution in [0.25, 0.3) is 0 Å². The Balaban J connectivity index is 2.37. The van der Waals surface area contributed by atoms with Crippen molar-refractivity contribution >= 4 is 21.8 Å². The summed E-state index contributed by atoms with van der Waals surface area (Å²) >= 11 is 1.38. The molecule has 0 unspecified atom stereocenters. The fourth-order valence-electron chi connectivity index (χ4n) is 1.99. The Labute approximate surface area is 117 Å². The maximum Gasteiger partial charge on any atom is 0.511 e. The number of hydrogen-bond donors (Lipinski definition) is 1. The summed E-state index contributed by atoms with van der Waals surface area (Å²) in [6.07, 6.45) is 0.163. The Hall–Kier alpha value is -0.800. The van der Waals surface area contributed by atoms with Crippen molar-refractivity contribution in [2.24, 2.45) is 0 Å². The number of hydrogen-bond acceptors (Lipinski definition) is 3. The zero-order chi connectivity index (χ0) is 15.1. The van der Waals surface area contributed by atoms with Crippen LogP contribution in [0.5, 0.6) is 0 Å². The molecule has 1 N–H and O–H groups in total. The van der Waals surface area contributed by atoms with Gasteiger partial charge in [0.1, 0.15) is 5.82 Å². The van der Waals surface area contributed by atoms with Crippen LogP contribution in [0.15, 0.2) is 23.1 Å². The first-order valence-corrected chi connectivity index (χ1v) is 8.01. The van der Waals surface area contributed by atoms with Gasteiger partial charge < -0.3 is 0 Å². The van der Waals surface area contributed by atoms with Gasteiger partial charge in [0.25, 0.3) is 0 Å². The van der Waals surface area contributed by atoms with E-state index in [0.29, 0.717) is 4.90 Å². The quantitative estimate of drug-likeness (QED) is 0.848. The van der Waals surface area contributed by atoms with Gasteiger partial charge in [0, 0.05) is 16.2 Å². The molecular weight excluding hydrogens is 318 g/mol. The highest BCUT2D eigenvalue weighted by atomic mass is 32.2. The van der Waals surface area contributed by atoms with Gasteiger partial charge in [-0.15, -0.1) is 11.8 Å². The number of rotatable bonds is 2. The molecule has 0 saturated carbocycles. The van der Waals surface area contributed by atoms with Crippen molar-refractivity contribution < 1.29 is 26.0 Å². The SMILES string of the molecule is C[C@H]1C[C@H](NS(=O)(=O)C(F)(F)F)c2cc(F)ccc2S1. The van der Waals surface area contributed by atoms with Crippen LogP contribution in [0.3, 0.4) is 0 Å². The highest BCUT2D eigenvalue weighted by molar-refractivity contribution is 8.00. The van der Waals surface area contributed by atoms with Gasteiger partial charge in [0.15, 0.2) is 0 Å². The first kappa shape index (κ1) is 15.6. The summed E-state index contributed by atoms with van der Waals surface area (Å²) in [6.45, 7) is 1.77. The molecule has 0 saturated heterocycles. The highest BCUT2D eigenvalue weighted by Crippen LogP contribution is 2.41. The van der Waals surface area contributed by atoms with Crippen LogP contribution in [-0.2, 0) is 10.0 Å². The predicted molar refractivity (Wildman–Crippen MR) is 67.2 cm³/mol. The number of thioether (sulfide) groups is 1. The molecule has 1 aromatic carbocycles. The fraction of sp³-hybridized carbons (Fsp3) is 0.455. The summed E-state index contributed by atoms with van der Waals surface area (Å²) in [4.78, 5) is 0.583. The van der Waals surface area contributed by atoms with Gasteiger partial charge in [-0.05, 0) is 30.2 Å². The summed E-state index contributed by atoms with van der Waals surface area (Å²) in [5, 5.41) is -0.0751. The van der Waals surface area contributed by atoms with Crippen LogP contribution in [-0.4, -0.2) is 19.2 Å². The average molecular weight is 329 g/mol. The maximum absolute atomic E-state index is 13.2. The second-order valence-electron chi connectivity index (χ2n) is 4.47. The van der Waals surface area contributed by atoms with Crippen molar-refractivity contribution in [3.05, 3.63) is 29.6 Å². The second-order valence-corrected chi connectivity index (χ2v) is 7.65. The van der Waals surface area contributed by atoms with E-state index in [1.807, 2.05) is 0 Å². The van der Waals surface area contributed by atoms with E-state index in [1.54, 1.807) is 11.6 Å². The van der Waals surface area contributed by atoms with E-state index in [0.717, 1.165) is 6.07 Å². The molecule has 0 bridgehead atoms. The Kier molecular flexibility index (Phi) is 4.05. The van der Waals surface area contributed by atoms with Crippen LogP contribution in [0.1, 0.15) is 24.9 Å². The van der Waals surface area contributed by atoms with Crippen molar-refractivity contribution in [3.8, 4) is 0 Å². The van der Waals surface area contributed by atoms with Gasteiger partial charge in [-0.2, -0.15) is 17.9 Å². The van der Waals surface area contributed by atoms with Crippen molar-refractivity contribution in [2.75, 3.05) is 0 Å². The molecular formula is C11H11F4NO2S2. The molecule has 2 atom stereocenters. The van der Waals surface area contributed by atoms with Crippen LogP contribution >= 0.6 is 11.8 Å². The van der Waals surface area contributed by atoms with Crippen LogP contribution in [0.2, 0.25) is 0 Å². The normalized spacial score (nSPS) is 23.4. The van der Waals surface area contributed by atoms with Gasteiger partial charge in [0.05, 0.1) is 0 Å². The highest BCUT2D eigenvalue weighted by Gasteiger charge is 2.47. The predicted octanol–water partition coefficient (Wildman–Crippen LogP) is 3.19. The number of sulfonamides is 1. The third-order valence-corrected chi connectivity index (χ3v) is 5.27. The van der Waals surface area contributed by atoms with Crippen LogP contribution in [0, 0.1) is 5.82 Å². The molecule has 1 aliphatic rings. The monoisotopic (exact) mass is 329 g/mol. The Morgan fingerprint density at radius 3 is 2.60 bits per heavy atom. The maximum atomic E-state index is 13.2. The number of alkyl halides is 3. The first-order valence-electron chi connectivity index (χ1n) is 5.65. The lowest BCUT2D eigenvalue weighted by Gasteiger charge is -2.29. The van der Waals surface area contributed by atoms with E-state index < -0.39 is 27.4 Å². The molecule has 1 aromatic rings. The summed E-state index contributed by atoms with van der Waals surface area (Å²) in [5.41, 5.74) is -5.14. The third kappa shape index (κ3) is 3.09. The Morgan fingerprint density at radius 2 is 2.00 bits per heavy atom. The first-order chi connectivity index (χ1) is 9.10. The van der Waals surface area contributed by atoms with Crippen molar-refractivity contribution in [3.63, 3.8) is 0 Å². The Bertz CT molecular complexity index is 615. The molecule has 0 fully saturated rings. The largest absolute Gasteiger partial charge is 0.511 e. The Morgan fingerprint density at radius 1 is 1.35 bits per heavy atom. The van der Waals surface area contributed by atoms with E-state index in [9.17, 15) is 26.0 Å². The lowest BCUT2D eigenvalue weighted by atomic mass is 10.0. The van der Waals surface area contributed by atoms with Crippen molar-refractivity contribution in [2.45, 2.75) is 35.0 Å². The van der Waals surface area contributed by atoms with Crippen molar-refractivity contribution in [1.82, 2.24) is 4.72 Å². The number of fused-ring (bicyclic) bond motifs is 1. The van der Waals surface area contributed by atoms with Crippen LogP contribution < -0.4 is 4.72 Å². The summed E-state index contributed by atoms with van der Waals surface area (Å²) in [7, 11) is -5.46. The van der Waals surface area contributed by atoms with Crippen molar-refractivity contribution in [1.29, 1.82) is 0 Å². The van der Waals surface area contributed by atoms with E-state index in [-0.39, 0.29) is 17.2 Å². The van der Waals surface area contributed by atoms with E-state index in [4.69, 9.17) is 0 Å². The molecule has 0 aromatic heterocycles. The lowest BCUT2D eigenvalue weighted by molar-refractivity contribution is -0.0451. The third-order valence-electron chi connectivity index (χ3n) is 2.85. The summed E-state index contributed by atoms with van der Waals surface area (Å²) < 4.78 is 74.4. The van der Waals surface area contributed by atoms with E-state index in [2.05, 4.69) is 0 Å². The molecule has 9 heteroatoms. The van der Waals surface area contributed by atoms with Gasteiger partial charge in [-0.25, -0.2) is 12.8 Å². The molecule has 3 nitrogen and oxygen atoms in total. The minimum Gasteiger partial charge on any atom is -0.207 e. The van der Waals surface area contributed by atoms with E-state index in [1.165, 1.54) is 23.9 Å². The summed E-state index contributed by atoms with van der Waals surface area (Å²) in [5.74, 6) is -0.616. The minimum absolute atomic E-state index is 0.0751. The molecule has 0 amide bonds. The van der Waals surface area contributed by atoms with Gasteiger partial charge >= 0.3 is 15.5 Å². The zero-order valence-electron chi connectivity index (χ0n) is 10.2. The zero-order valence-corrected chi connectivity index (χ0v) is 11.9. The second kappa shape index (κ2) is 5.19. The standard InChI is InChI=1S/C11H11F4NO2S2/c1-6-4-9(16-20(17,18)11(13,14)15)8-5-7(12)2-3-10(8)19-6/h2-3,5-6,9,16H,4H2,1H3/t6-,9-/m0/s1. The molecule has 0 aliphatic carbocycles. The van der Waals surface area contributed by atoms with Gasteiger partial charge in [-0.3, -0.25) is 0 Å². The number of halogens is 4. The number of nitrogens with one attached hydrogen (secondary N) is 1. The molecule has 1 heterocycles. The molecule has 112 valence electrons. The number of benzene rings is 1. The molecule has 20 heavy (non-hydrogen) atoms. The van der Waals surface area contributed by atoms with Gasteiger partial charge in [0.2, 0.25) is 0 Å².